The number of rotatable bonds is 2. The van der Waals surface area contributed by atoms with E-state index < -0.39 is 17.9 Å². The Morgan fingerprint density at radius 1 is 1.39 bits per heavy atom. The molecule has 1 saturated carbocycles. The van der Waals surface area contributed by atoms with Crippen LogP contribution >= 0.6 is 0 Å². The number of anilines is 1. The fourth-order valence-electron chi connectivity index (χ4n) is 2.10. The number of carbonyl (C=O) groups is 1. The van der Waals surface area contributed by atoms with Crippen LogP contribution in [0.25, 0.3) is 0 Å². The number of fused-ring (bicyclic) bond motifs is 1. The molecule has 1 amide bonds. The van der Waals surface area contributed by atoms with Crippen molar-refractivity contribution in [3.63, 3.8) is 0 Å². The molecule has 18 heavy (non-hydrogen) atoms. The lowest BCUT2D eigenvalue weighted by Gasteiger charge is -2.25. The van der Waals surface area contributed by atoms with E-state index in [1.165, 1.54) is 18.2 Å². The first-order valence-electron chi connectivity index (χ1n) is 5.98. The minimum absolute atomic E-state index is 0.0535. The third kappa shape index (κ3) is 1.74. The van der Waals surface area contributed by atoms with Gasteiger partial charge in [0.25, 0.3) is 11.8 Å². The summed E-state index contributed by atoms with van der Waals surface area (Å²) in [6, 6.07) is 4.19. The van der Waals surface area contributed by atoms with Gasteiger partial charge in [0.1, 0.15) is 5.75 Å². The molecular weight excluding hydrogens is 240 g/mol. The van der Waals surface area contributed by atoms with Gasteiger partial charge in [0, 0.05) is 11.5 Å². The minimum Gasteiger partial charge on any atom is -0.479 e. The molecule has 3 nitrogen and oxygen atoms in total. The van der Waals surface area contributed by atoms with E-state index in [2.05, 4.69) is 5.32 Å². The van der Waals surface area contributed by atoms with Crippen LogP contribution < -0.4 is 10.1 Å². The molecule has 2 aliphatic rings. The van der Waals surface area contributed by atoms with Gasteiger partial charge in [-0.05, 0) is 38.0 Å². The molecular formula is C13H13F2NO2. The summed E-state index contributed by atoms with van der Waals surface area (Å²) in [5.41, 5.74) is 0.276. The third-order valence-corrected chi connectivity index (χ3v) is 3.39. The molecule has 1 aromatic rings. The van der Waals surface area contributed by atoms with Gasteiger partial charge in [-0.2, -0.15) is 0 Å². The second kappa shape index (κ2) is 3.67. The maximum absolute atomic E-state index is 13.9. The molecule has 0 radical (unpaired) electrons. The quantitative estimate of drug-likeness (QED) is 0.880. The highest BCUT2D eigenvalue weighted by atomic mass is 19.3. The highest BCUT2D eigenvalue weighted by molar-refractivity contribution is 5.97. The van der Waals surface area contributed by atoms with E-state index in [-0.39, 0.29) is 11.5 Å². The standard InChI is InChI=1S/C13H13F2NO2/c1-7-12(17)16-10-6-9(4-5-11(10)18-7)13(14,15)8-2-3-8/h4-8H,2-3H2,1H3,(H,16,17). The maximum Gasteiger partial charge on any atom is 0.276 e. The molecule has 96 valence electrons. The number of nitrogens with one attached hydrogen (secondary N) is 1. The second-order valence-corrected chi connectivity index (χ2v) is 4.86. The van der Waals surface area contributed by atoms with Crippen LogP contribution in [0.3, 0.4) is 0 Å². The van der Waals surface area contributed by atoms with E-state index >= 15 is 0 Å². The highest BCUT2D eigenvalue weighted by Gasteiger charge is 2.48. The summed E-state index contributed by atoms with van der Waals surface area (Å²) in [7, 11) is 0. The van der Waals surface area contributed by atoms with Crippen molar-refractivity contribution in [2.45, 2.75) is 31.8 Å². The Bertz CT molecular complexity index is 512. The van der Waals surface area contributed by atoms with E-state index in [1.807, 2.05) is 0 Å². The van der Waals surface area contributed by atoms with E-state index in [0.717, 1.165) is 0 Å². The van der Waals surface area contributed by atoms with Gasteiger partial charge < -0.3 is 10.1 Å². The number of benzene rings is 1. The Labute approximate surface area is 103 Å². The first-order chi connectivity index (χ1) is 8.48. The zero-order chi connectivity index (χ0) is 12.9. The predicted octanol–water partition coefficient (Wildman–Crippen LogP) is 2.91. The molecule has 1 unspecified atom stereocenters. The van der Waals surface area contributed by atoms with Crippen molar-refractivity contribution in [1.82, 2.24) is 0 Å². The zero-order valence-corrected chi connectivity index (χ0v) is 9.87. The Hall–Kier alpha value is -1.65. The average molecular weight is 253 g/mol. The van der Waals surface area contributed by atoms with Gasteiger partial charge in [0.05, 0.1) is 5.69 Å². The number of halogens is 2. The van der Waals surface area contributed by atoms with Crippen LogP contribution in [0, 0.1) is 5.92 Å². The molecule has 1 aliphatic heterocycles. The predicted molar refractivity (Wildman–Crippen MR) is 61.8 cm³/mol. The first kappa shape index (κ1) is 11.4. The number of ether oxygens (including phenoxy) is 1. The Kier molecular flexibility index (Phi) is 2.33. The first-order valence-corrected chi connectivity index (χ1v) is 5.98. The molecule has 1 aliphatic carbocycles. The van der Waals surface area contributed by atoms with Crippen molar-refractivity contribution in [3.8, 4) is 5.75 Å². The minimum atomic E-state index is -2.82. The molecule has 1 fully saturated rings. The monoisotopic (exact) mass is 253 g/mol. The van der Waals surface area contributed by atoms with Crippen LogP contribution in [0.5, 0.6) is 5.75 Å². The maximum atomic E-state index is 13.9. The summed E-state index contributed by atoms with van der Waals surface area (Å²) in [6.07, 6.45) is 0.529. The molecule has 0 saturated heterocycles. The fourth-order valence-corrected chi connectivity index (χ4v) is 2.10. The van der Waals surface area contributed by atoms with Crippen molar-refractivity contribution in [1.29, 1.82) is 0 Å². The Morgan fingerprint density at radius 3 is 2.78 bits per heavy atom. The van der Waals surface area contributed by atoms with E-state index in [1.54, 1.807) is 6.92 Å². The van der Waals surface area contributed by atoms with Crippen molar-refractivity contribution in [2.75, 3.05) is 5.32 Å². The molecule has 5 heteroatoms. The number of carbonyl (C=O) groups excluding carboxylic acids is 1. The average Bonchev–Trinajstić information content (AvgIpc) is 3.14. The molecule has 1 atom stereocenters. The summed E-state index contributed by atoms with van der Waals surface area (Å²) >= 11 is 0. The van der Waals surface area contributed by atoms with Gasteiger partial charge in [0.2, 0.25) is 0 Å². The van der Waals surface area contributed by atoms with E-state index in [4.69, 9.17) is 4.74 Å². The summed E-state index contributed by atoms with van der Waals surface area (Å²) < 4.78 is 33.2. The smallest absolute Gasteiger partial charge is 0.276 e. The molecule has 1 heterocycles. The lowest BCUT2D eigenvalue weighted by Crippen LogP contribution is -2.34. The van der Waals surface area contributed by atoms with Crippen molar-refractivity contribution in [3.05, 3.63) is 23.8 Å². The topological polar surface area (TPSA) is 38.3 Å². The normalized spacial score (nSPS) is 23.1. The summed E-state index contributed by atoms with van der Waals surface area (Å²) in [5.74, 6) is -3.25. The number of alkyl halides is 2. The van der Waals surface area contributed by atoms with E-state index in [9.17, 15) is 13.6 Å². The Balaban J connectivity index is 1.96. The van der Waals surface area contributed by atoms with Gasteiger partial charge in [-0.3, -0.25) is 4.79 Å². The van der Waals surface area contributed by atoms with Gasteiger partial charge in [-0.25, -0.2) is 8.78 Å². The summed E-state index contributed by atoms with van der Waals surface area (Å²) in [4.78, 5) is 11.4. The van der Waals surface area contributed by atoms with Gasteiger partial charge in [0.15, 0.2) is 6.10 Å². The number of hydrogen-bond donors (Lipinski definition) is 1. The van der Waals surface area contributed by atoms with E-state index in [0.29, 0.717) is 24.3 Å². The zero-order valence-electron chi connectivity index (χ0n) is 9.87. The van der Waals surface area contributed by atoms with Crippen molar-refractivity contribution < 1.29 is 18.3 Å². The van der Waals surface area contributed by atoms with Crippen LogP contribution in [-0.2, 0) is 10.7 Å². The summed E-state index contributed by atoms with van der Waals surface area (Å²) in [6.45, 7) is 1.62. The van der Waals surface area contributed by atoms with Crippen molar-refractivity contribution >= 4 is 11.6 Å². The molecule has 1 aromatic carbocycles. The third-order valence-electron chi connectivity index (χ3n) is 3.39. The van der Waals surface area contributed by atoms with Gasteiger partial charge in [-0.1, -0.05) is 0 Å². The highest BCUT2D eigenvalue weighted by Crippen LogP contribution is 2.50. The fraction of sp³-hybridized carbons (Fsp3) is 0.462. The lowest BCUT2D eigenvalue weighted by atomic mass is 10.0. The molecule has 1 N–H and O–H groups in total. The second-order valence-electron chi connectivity index (χ2n) is 4.86. The van der Waals surface area contributed by atoms with Crippen LogP contribution in [0.2, 0.25) is 0 Å². The van der Waals surface area contributed by atoms with Crippen LogP contribution in [0.1, 0.15) is 25.3 Å². The Morgan fingerprint density at radius 2 is 2.11 bits per heavy atom. The van der Waals surface area contributed by atoms with Crippen molar-refractivity contribution in [2.24, 2.45) is 5.92 Å². The van der Waals surface area contributed by atoms with Crippen LogP contribution in [-0.4, -0.2) is 12.0 Å². The van der Waals surface area contributed by atoms with Gasteiger partial charge in [-0.15, -0.1) is 0 Å². The lowest BCUT2D eigenvalue weighted by molar-refractivity contribution is -0.122. The van der Waals surface area contributed by atoms with Crippen LogP contribution in [0.4, 0.5) is 14.5 Å². The number of amides is 1. The molecule has 0 aromatic heterocycles. The SMILES string of the molecule is CC1Oc2ccc(C(F)(F)C3CC3)cc2NC1=O. The number of hydrogen-bond acceptors (Lipinski definition) is 2. The molecule has 0 spiro atoms. The largest absolute Gasteiger partial charge is 0.479 e. The van der Waals surface area contributed by atoms with Crippen LogP contribution in [0.15, 0.2) is 18.2 Å². The molecule has 0 bridgehead atoms. The molecule has 3 rings (SSSR count). The van der Waals surface area contributed by atoms with Gasteiger partial charge >= 0.3 is 0 Å². The summed E-state index contributed by atoms with van der Waals surface area (Å²) in [5, 5.41) is 2.58.